The standard InChI is InChI=1S/C20H15F3N4O4/c1-29-11-5-6-15(30-2)13(8-11)26-19(28)12-10-24-27-17(20(21,22)23)9-14(25-18(12)27)16-4-3-7-31-16/h3-10H,1-2H3,(H,26,28). The molecule has 0 unspecified atom stereocenters. The fourth-order valence-corrected chi connectivity index (χ4v) is 2.98. The highest BCUT2D eigenvalue weighted by atomic mass is 19.4. The van der Waals surface area contributed by atoms with E-state index in [-0.39, 0.29) is 28.4 Å². The van der Waals surface area contributed by atoms with Gasteiger partial charge < -0.3 is 19.2 Å². The van der Waals surface area contributed by atoms with Crippen molar-refractivity contribution in [2.24, 2.45) is 0 Å². The number of hydrogen-bond donors (Lipinski definition) is 1. The van der Waals surface area contributed by atoms with Crippen LogP contribution >= 0.6 is 0 Å². The van der Waals surface area contributed by atoms with Gasteiger partial charge in [0.15, 0.2) is 17.1 Å². The van der Waals surface area contributed by atoms with E-state index in [0.717, 1.165) is 12.3 Å². The monoisotopic (exact) mass is 432 g/mol. The summed E-state index contributed by atoms with van der Waals surface area (Å²) in [7, 11) is 2.87. The minimum Gasteiger partial charge on any atom is -0.497 e. The number of methoxy groups -OCH3 is 2. The minimum atomic E-state index is -4.74. The molecule has 4 rings (SSSR count). The van der Waals surface area contributed by atoms with Crippen LogP contribution in [-0.2, 0) is 6.18 Å². The molecule has 0 bridgehead atoms. The van der Waals surface area contributed by atoms with E-state index in [4.69, 9.17) is 13.9 Å². The zero-order chi connectivity index (χ0) is 22.2. The number of fused-ring (bicyclic) bond motifs is 1. The van der Waals surface area contributed by atoms with Crippen LogP contribution in [0.1, 0.15) is 16.1 Å². The van der Waals surface area contributed by atoms with E-state index in [2.05, 4.69) is 15.4 Å². The van der Waals surface area contributed by atoms with E-state index < -0.39 is 17.8 Å². The summed E-state index contributed by atoms with van der Waals surface area (Å²) in [5.74, 6) is 0.188. The lowest BCUT2D eigenvalue weighted by molar-refractivity contribution is -0.142. The summed E-state index contributed by atoms with van der Waals surface area (Å²) in [6.45, 7) is 0. The van der Waals surface area contributed by atoms with Gasteiger partial charge in [0.05, 0.1) is 32.4 Å². The third-order valence-corrected chi connectivity index (χ3v) is 4.44. The molecule has 1 N–H and O–H groups in total. The lowest BCUT2D eigenvalue weighted by atomic mass is 10.2. The van der Waals surface area contributed by atoms with Crippen molar-refractivity contribution in [3.63, 3.8) is 0 Å². The number of furan rings is 1. The summed E-state index contributed by atoms with van der Waals surface area (Å²) < 4.78 is 57.0. The Kier molecular flexibility index (Phi) is 5.01. The van der Waals surface area contributed by atoms with Gasteiger partial charge in [-0.05, 0) is 30.3 Å². The Hall–Kier alpha value is -4.02. The molecule has 0 radical (unpaired) electrons. The molecule has 11 heteroatoms. The van der Waals surface area contributed by atoms with Crippen molar-refractivity contribution in [2.75, 3.05) is 19.5 Å². The van der Waals surface area contributed by atoms with Gasteiger partial charge in [0.25, 0.3) is 5.91 Å². The maximum absolute atomic E-state index is 13.6. The van der Waals surface area contributed by atoms with Crippen LogP contribution in [0.3, 0.4) is 0 Å². The van der Waals surface area contributed by atoms with Crippen molar-refractivity contribution >= 4 is 17.2 Å². The summed E-state index contributed by atoms with van der Waals surface area (Å²) in [5.41, 5.74) is -1.35. The lowest BCUT2D eigenvalue weighted by Crippen LogP contribution is -2.16. The number of halogens is 3. The second-order valence-electron chi connectivity index (χ2n) is 6.32. The molecule has 0 saturated heterocycles. The topological polar surface area (TPSA) is 90.9 Å². The Labute approximate surface area is 173 Å². The molecule has 1 amide bonds. The SMILES string of the molecule is COc1ccc(OC)c(NC(=O)c2cnn3c(C(F)(F)F)cc(-c4ccco4)nc23)c1. The molecule has 0 aliphatic rings. The Balaban J connectivity index is 1.82. The fraction of sp³-hybridized carbons (Fsp3) is 0.150. The van der Waals surface area contributed by atoms with Crippen LogP contribution < -0.4 is 14.8 Å². The van der Waals surface area contributed by atoms with Crippen LogP contribution in [0.2, 0.25) is 0 Å². The summed E-state index contributed by atoms with van der Waals surface area (Å²) in [4.78, 5) is 17.1. The predicted molar refractivity (Wildman–Crippen MR) is 103 cm³/mol. The van der Waals surface area contributed by atoms with Crippen molar-refractivity contribution in [3.8, 4) is 23.0 Å². The number of nitrogens with one attached hydrogen (secondary N) is 1. The quantitative estimate of drug-likeness (QED) is 0.506. The molecule has 0 fully saturated rings. The number of hydrogen-bond acceptors (Lipinski definition) is 6. The molecule has 3 aromatic heterocycles. The van der Waals surface area contributed by atoms with Crippen LogP contribution in [0.4, 0.5) is 18.9 Å². The first-order valence-electron chi connectivity index (χ1n) is 8.85. The summed E-state index contributed by atoms with van der Waals surface area (Å²) in [6.07, 6.45) is -2.41. The average Bonchev–Trinajstić information content (AvgIpc) is 3.42. The second kappa shape index (κ2) is 7.67. The van der Waals surface area contributed by atoms with E-state index in [9.17, 15) is 18.0 Å². The van der Waals surface area contributed by atoms with Crippen molar-refractivity contribution < 1.29 is 31.9 Å². The van der Waals surface area contributed by atoms with E-state index in [1.165, 1.54) is 38.7 Å². The van der Waals surface area contributed by atoms with Gasteiger partial charge in [0.2, 0.25) is 0 Å². The molecular weight excluding hydrogens is 417 g/mol. The van der Waals surface area contributed by atoms with Gasteiger partial charge in [0, 0.05) is 6.07 Å². The molecule has 0 aliphatic heterocycles. The van der Waals surface area contributed by atoms with Crippen LogP contribution in [0.25, 0.3) is 17.1 Å². The van der Waals surface area contributed by atoms with Crippen molar-refractivity contribution in [1.82, 2.24) is 14.6 Å². The number of nitrogens with zero attached hydrogens (tertiary/aromatic N) is 3. The van der Waals surface area contributed by atoms with E-state index in [1.54, 1.807) is 12.1 Å². The number of ether oxygens (including phenoxy) is 2. The first kappa shape index (κ1) is 20.3. The number of amides is 1. The molecule has 8 nitrogen and oxygen atoms in total. The summed E-state index contributed by atoms with van der Waals surface area (Å²) in [6, 6.07) is 8.54. The van der Waals surface area contributed by atoms with Crippen molar-refractivity contribution in [3.05, 3.63) is 60.1 Å². The normalized spacial score (nSPS) is 11.5. The average molecular weight is 432 g/mol. The number of benzene rings is 1. The van der Waals surface area contributed by atoms with Crippen molar-refractivity contribution in [2.45, 2.75) is 6.18 Å². The van der Waals surface area contributed by atoms with Crippen molar-refractivity contribution in [1.29, 1.82) is 0 Å². The minimum absolute atomic E-state index is 0.0849. The Morgan fingerprint density at radius 3 is 2.61 bits per heavy atom. The maximum atomic E-state index is 13.6. The summed E-state index contributed by atoms with van der Waals surface area (Å²) in [5, 5.41) is 6.33. The zero-order valence-corrected chi connectivity index (χ0v) is 16.2. The van der Waals surface area contributed by atoms with E-state index >= 15 is 0 Å². The van der Waals surface area contributed by atoms with E-state index in [0.29, 0.717) is 16.0 Å². The first-order valence-corrected chi connectivity index (χ1v) is 8.85. The highest BCUT2D eigenvalue weighted by Crippen LogP contribution is 2.33. The van der Waals surface area contributed by atoms with Crippen LogP contribution in [0.5, 0.6) is 11.5 Å². The summed E-state index contributed by atoms with van der Waals surface area (Å²) >= 11 is 0. The molecule has 0 aliphatic carbocycles. The smallest absolute Gasteiger partial charge is 0.433 e. The fourth-order valence-electron chi connectivity index (χ4n) is 2.98. The lowest BCUT2D eigenvalue weighted by Gasteiger charge is -2.12. The van der Waals surface area contributed by atoms with Gasteiger partial charge in [-0.15, -0.1) is 0 Å². The maximum Gasteiger partial charge on any atom is 0.433 e. The zero-order valence-electron chi connectivity index (χ0n) is 16.2. The molecule has 0 atom stereocenters. The van der Waals surface area contributed by atoms with Gasteiger partial charge in [-0.2, -0.15) is 18.3 Å². The molecule has 1 aromatic carbocycles. The molecule has 4 aromatic rings. The largest absolute Gasteiger partial charge is 0.497 e. The number of carbonyl (C=O) groups excluding carboxylic acids is 1. The van der Waals surface area contributed by atoms with Crippen LogP contribution in [0.15, 0.2) is 53.3 Å². The Bertz CT molecular complexity index is 1250. The molecule has 0 saturated carbocycles. The van der Waals surface area contributed by atoms with Gasteiger partial charge in [0.1, 0.15) is 22.8 Å². The van der Waals surface area contributed by atoms with Gasteiger partial charge >= 0.3 is 6.18 Å². The van der Waals surface area contributed by atoms with Gasteiger partial charge in [-0.3, -0.25) is 4.79 Å². The van der Waals surface area contributed by atoms with Crippen LogP contribution in [0, 0.1) is 0 Å². The molecular formula is C20H15F3N4O4. The third-order valence-electron chi connectivity index (χ3n) is 4.44. The van der Waals surface area contributed by atoms with Crippen LogP contribution in [-0.4, -0.2) is 34.7 Å². The number of aromatic nitrogens is 3. The van der Waals surface area contributed by atoms with Gasteiger partial charge in [-0.25, -0.2) is 9.50 Å². The second-order valence-corrected chi connectivity index (χ2v) is 6.32. The third kappa shape index (κ3) is 3.77. The number of anilines is 1. The predicted octanol–water partition coefficient (Wildman–Crippen LogP) is 4.28. The molecule has 31 heavy (non-hydrogen) atoms. The first-order chi connectivity index (χ1) is 14.8. The Morgan fingerprint density at radius 2 is 1.97 bits per heavy atom. The molecule has 160 valence electrons. The number of carbonyl (C=O) groups is 1. The van der Waals surface area contributed by atoms with E-state index in [1.807, 2.05) is 0 Å². The highest BCUT2D eigenvalue weighted by molar-refractivity contribution is 6.09. The highest BCUT2D eigenvalue weighted by Gasteiger charge is 2.36. The van der Waals surface area contributed by atoms with Gasteiger partial charge in [-0.1, -0.05) is 0 Å². The molecule has 0 spiro atoms. The Morgan fingerprint density at radius 1 is 1.16 bits per heavy atom. The number of alkyl halides is 3. The molecule has 3 heterocycles. The number of rotatable bonds is 5.